The second kappa shape index (κ2) is 5.51. The molecule has 2 heterocycles. The minimum Gasteiger partial charge on any atom is -0.381 e. The van der Waals surface area contributed by atoms with E-state index in [0.29, 0.717) is 12.1 Å². The van der Waals surface area contributed by atoms with E-state index < -0.39 is 10.0 Å². The minimum atomic E-state index is -3.65. The van der Waals surface area contributed by atoms with Crippen molar-refractivity contribution < 1.29 is 8.42 Å². The molecule has 2 rings (SSSR count). The Labute approximate surface area is 121 Å². The van der Waals surface area contributed by atoms with Gasteiger partial charge >= 0.3 is 0 Å². The van der Waals surface area contributed by atoms with Crippen molar-refractivity contribution in [3.8, 4) is 0 Å². The van der Waals surface area contributed by atoms with Gasteiger partial charge in [0, 0.05) is 31.1 Å². The highest BCUT2D eigenvalue weighted by atomic mass is 32.2. The van der Waals surface area contributed by atoms with Crippen molar-refractivity contribution in [1.29, 1.82) is 0 Å². The molecular formula is C11H17N5O2S2. The number of aromatic nitrogens is 3. The van der Waals surface area contributed by atoms with Crippen LogP contribution in [0.4, 0.5) is 5.82 Å². The SMILES string of the molecule is Cc1csc(CCNS(=O)(=O)c2c(N)nn(C)c2C)n1. The Morgan fingerprint density at radius 3 is 2.65 bits per heavy atom. The quantitative estimate of drug-likeness (QED) is 0.841. The van der Waals surface area contributed by atoms with E-state index in [4.69, 9.17) is 5.73 Å². The first-order valence-corrected chi connectivity index (χ1v) is 8.37. The van der Waals surface area contributed by atoms with Crippen molar-refractivity contribution in [1.82, 2.24) is 19.5 Å². The smallest absolute Gasteiger partial charge is 0.246 e. The van der Waals surface area contributed by atoms with E-state index in [9.17, 15) is 8.42 Å². The molecule has 0 unspecified atom stereocenters. The molecule has 0 amide bonds. The molecule has 0 aliphatic heterocycles. The van der Waals surface area contributed by atoms with Gasteiger partial charge in [-0.1, -0.05) is 0 Å². The number of nitrogens with two attached hydrogens (primary N) is 1. The Bertz CT molecular complexity index is 717. The van der Waals surface area contributed by atoms with Crippen LogP contribution in [-0.4, -0.2) is 29.7 Å². The maximum atomic E-state index is 12.2. The van der Waals surface area contributed by atoms with Gasteiger partial charge in [0.25, 0.3) is 0 Å². The number of hydrogen-bond acceptors (Lipinski definition) is 6. The molecule has 7 nitrogen and oxygen atoms in total. The number of nitrogen functional groups attached to an aromatic ring is 1. The van der Waals surface area contributed by atoms with E-state index in [2.05, 4.69) is 14.8 Å². The molecule has 0 saturated heterocycles. The van der Waals surface area contributed by atoms with Crippen LogP contribution < -0.4 is 10.5 Å². The summed E-state index contributed by atoms with van der Waals surface area (Å²) >= 11 is 1.52. The lowest BCUT2D eigenvalue weighted by molar-refractivity contribution is 0.580. The van der Waals surface area contributed by atoms with Crippen LogP contribution in [0, 0.1) is 13.8 Å². The summed E-state index contributed by atoms with van der Waals surface area (Å²) in [6, 6.07) is 0. The first-order chi connectivity index (χ1) is 9.31. The van der Waals surface area contributed by atoms with Crippen molar-refractivity contribution in [2.45, 2.75) is 25.2 Å². The van der Waals surface area contributed by atoms with Crippen LogP contribution >= 0.6 is 11.3 Å². The Balaban J connectivity index is 2.08. The van der Waals surface area contributed by atoms with E-state index in [-0.39, 0.29) is 17.3 Å². The highest BCUT2D eigenvalue weighted by Crippen LogP contribution is 2.20. The van der Waals surface area contributed by atoms with Crippen LogP contribution in [-0.2, 0) is 23.5 Å². The molecule has 20 heavy (non-hydrogen) atoms. The van der Waals surface area contributed by atoms with Gasteiger partial charge < -0.3 is 5.73 Å². The standard InChI is InChI=1S/C11H17N5O2S2/c1-7-6-19-9(14-7)4-5-13-20(17,18)10-8(2)16(3)15-11(10)12/h6,13H,4-5H2,1-3H3,(H2,12,15). The minimum absolute atomic E-state index is 0.0163. The first-order valence-electron chi connectivity index (χ1n) is 6.01. The zero-order valence-corrected chi connectivity index (χ0v) is 13.2. The van der Waals surface area contributed by atoms with Crippen molar-refractivity contribution in [3.63, 3.8) is 0 Å². The van der Waals surface area contributed by atoms with E-state index in [0.717, 1.165) is 10.7 Å². The molecule has 9 heteroatoms. The Kier molecular flexibility index (Phi) is 4.11. The number of nitrogens with zero attached hydrogens (tertiary/aromatic N) is 3. The van der Waals surface area contributed by atoms with E-state index in [1.165, 1.54) is 16.0 Å². The zero-order valence-electron chi connectivity index (χ0n) is 11.5. The summed E-state index contributed by atoms with van der Waals surface area (Å²) in [7, 11) is -1.99. The third kappa shape index (κ3) is 3.00. The lowest BCUT2D eigenvalue weighted by atomic mass is 10.4. The van der Waals surface area contributed by atoms with Gasteiger partial charge in [0.05, 0.1) is 10.7 Å². The molecule has 2 aromatic rings. The largest absolute Gasteiger partial charge is 0.381 e. The molecule has 0 radical (unpaired) electrons. The van der Waals surface area contributed by atoms with Gasteiger partial charge in [-0.15, -0.1) is 11.3 Å². The molecule has 2 aromatic heterocycles. The normalized spacial score (nSPS) is 11.9. The molecule has 0 bridgehead atoms. The van der Waals surface area contributed by atoms with Gasteiger partial charge in [0.2, 0.25) is 10.0 Å². The van der Waals surface area contributed by atoms with Gasteiger partial charge in [0.1, 0.15) is 4.90 Å². The molecule has 0 aliphatic carbocycles. The molecule has 0 aromatic carbocycles. The van der Waals surface area contributed by atoms with E-state index >= 15 is 0 Å². The summed E-state index contributed by atoms with van der Waals surface area (Å²) in [6.45, 7) is 3.86. The van der Waals surface area contributed by atoms with Gasteiger partial charge in [0.15, 0.2) is 5.82 Å². The summed E-state index contributed by atoms with van der Waals surface area (Å²) < 4.78 is 28.4. The first kappa shape index (κ1) is 14.9. The third-order valence-electron chi connectivity index (χ3n) is 2.87. The summed E-state index contributed by atoms with van der Waals surface area (Å²) in [6.07, 6.45) is 0.553. The fourth-order valence-corrected chi connectivity index (χ4v) is 3.96. The average Bonchev–Trinajstić information content (AvgIpc) is 2.84. The third-order valence-corrected chi connectivity index (χ3v) is 5.52. The van der Waals surface area contributed by atoms with Crippen LogP contribution in [0.3, 0.4) is 0 Å². The lowest BCUT2D eigenvalue weighted by Gasteiger charge is -2.06. The maximum Gasteiger partial charge on any atom is 0.246 e. The number of hydrogen-bond donors (Lipinski definition) is 2. The van der Waals surface area contributed by atoms with Crippen LogP contribution in [0.25, 0.3) is 0 Å². The Morgan fingerprint density at radius 1 is 1.45 bits per heavy atom. The molecule has 3 N–H and O–H groups in total. The summed E-state index contributed by atoms with van der Waals surface area (Å²) in [5, 5.41) is 6.75. The lowest BCUT2D eigenvalue weighted by Crippen LogP contribution is -2.27. The number of aryl methyl sites for hydroxylation is 2. The Hall–Kier alpha value is -1.45. The number of anilines is 1. The summed E-state index contributed by atoms with van der Waals surface area (Å²) in [5.41, 5.74) is 7.11. The fourth-order valence-electron chi connectivity index (χ4n) is 1.83. The highest BCUT2D eigenvalue weighted by molar-refractivity contribution is 7.89. The fraction of sp³-hybridized carbons (Fsp3) is 0.455. The van der Waals surface area contributed by atoms with Gasteiger partial charge in [-0.25, -0.2) is 18.1 Å². The highest BCUT2D eigenvalue weighted by Gasteiger charge is 2.24. The maximum absolute atomic E-state index is 12.2. The molecule has 0 saturated carbocycles. The number of sulfonamides is 1. The average molecular weight is 315 g/mol. The predicted molar refractivity (Wildman–Crippen MR) is 78.1 cm³/mol. The molecule has 0 fully saturated rings. The molecule has 0 atom stereocenters. The number of thiazole rings is 1. The second-order valence-corrected chi connectivity index (χ2v) is 7.10. The monoisotopic (exact) mass is 315 g/mol. The van der Waals surface area contributed by atoms with Gasteiger partial charge in [-0.2, -0.15) is 5.10 Å². The van der Waals surface area contributed by atoms with Crippen molar-refractivity contribution in [2.24, 2.45) is 7.05 Å². The predicted octanol–water partition coefficient (Wildman–Crippen LogP) is 0.597. The number of rotatable bonds is 5. The summed E-state index contributed by atoms with van der Waals surface area (Å²) in [5.74, 6) is 0.0163. The Morgan fingerprint density at radius 2 is 2.15 bits per heavy atom. The van der Waals surface area contributed by atoms with Crippen LogP contribution in [0.5, 0.6) is 0 Å². The summed E-state index contributed by atoms with van der Waals surface area (Å²) in [4.78, 5) is 4.34. The molecular weight excluding hydrogens is 298 g/mol. The zero-order chi connectivity index (χ0) is 14.9. The van der Waals surface area contributed by atoms with Gasteiger partial charge in [-0.3, -0.25) is 4.68 Å². The van der Waals surface area contributed by atoms with Crippen molar-refractivity contribution in [3.05, 3.63) is 21.8 Å². The van der Waals surface area contributed by atoms with Crippen LogP contribution in [0.15, 0.2) is 10.3 Å². The second-order valence-electron chi connectivity index (χ2n) is 4.45. The topological polar surface area (TPSA) is 103 Å². The van der Waals surface area contributed by atoms with Crippen molar-refractivity contribution >= 4 is 27.2 Å². The molecule has 110 valence electrons. The molecule has 0 aliphatic rings. The van der Waals surface area contributed by atoms with Crippen molar-refractivity contribution in [2.75, 3.05) is 12.3 Å². The van der Waals surface area contributed by atoms with Gasteiger partial charge in [-0.05, 0) is 13.8 Å². The van der Waals surface area contributed by atoms with Crippen LogP contribution in [0.1, 0.15) is 16.4 Å². The van der Waals surface area contributed by atoms with Crippen LogP contribution in [0.2, 0.25) is 0 Å². The number of nitrogens with one attached hydrogen (secondary N) is 1. The van der Waals surface area contributed by atoms with E-state index in [1.807, 2.05) is 12.3 Å². The molecule has 0 spiro atoms. The van der Waals surface area contributed by atoms with E-state index in [1.54, 1.807) is 14.0 Å².